The zero-order valence-corrected chi connectivity index (χ0v) is 26.0. The molecular weight excluding hydrogens is 485 g/mol. The van der Waals surface area contributed by atoms with Crippen LogP contribution in [0.25, 0.3) is 0 Å². The number of nitrogens with one attached hydrogen (secondary N) is 1. The average molecular weight is 549 g/mol. The van der Waals surface area contributed by atoms with Crippen molar-refractivity contribution in [1.29, 1.82) is 0 Å². The Morgan fingerprint density at radius 1 is 0.703 bits per heavy atom. The molecule has 7 heteroatoms. The molecule has 0 aliphatic carbocycles. The van der Waals surface area contributed by atoms with Gasteiger partial charge in [-0.05, 0) is 12.8 Å². The first-order valence-corrected chi connectivity index (χ1v) is 16.8. The van der Waals surface area contributed by atoms with Gasteiger partial charge in [0.25, 0.3) is 0 Å². The summed E-state index contributed by atoms with van der Waals surface area (Å²) in [5.41, 5.74) is 0. The van der Waals surface area contributed by atoms with Crippen molar-refractivity contribution in [1.82, 2.24) is 0 Å². The Kier molecular flexibility index (Phi) is 28.8. The lowest BCUT2D eigenvalue weighted by Crippen LogP contribution is -3.05. The highest BCUT2D eigenvalue weighted by Crippen LogP contribution is 2.33. The smallest absolute Gasteiger partial charge is 0.329 e. The van der Waals surface area contributed by atoms with E-state index >= 15 is 0 Å². The maximum absolute atomic E-state index is 12.2. The fraction of sp³-hybridized carbons (Fsp3) is 0.967. The molecule has 0 aliphatic rings. The van der Waals surface area contributed by atoms with Crippen molar-refractivity contribution in [2.24, 2.45) is 5.92 Å². The first-order valence-electron chi connectivity index (χ1n) is 15.6. The third-order valence-electron chi connectivity index (χ3n) is 6.73. The maximum Gasteiger partial charge on any atom is 0.329 e. The van der Waals surface area contributed by atoms with E-state index in [1.807, 2.05) is 6.92 Å². The molecule has 0 bridgehead atoms. The van der Waals surface area contributed by atoms with Crippen molar-refractivity contribution in [2.45, 2.75) is 136 Å². The summed E-state index contributed by atoms with van der Waals surface area (Å²) in [4.78, 5) is 23.5. The highest BCUT2D eigenvalue weighted by Gasteiger charge is 2.17. The van der Waals surface area contributed by atoms with E-state index in [9.17, 15) is 9.69 Å². The standard InChI is InChI=1S/C30H62NO5P/c1-5-7-8-9-10-11-12-13-14-15-16-17-18-19-20-24-34-27-29(26-30(32)22-6-2)28-36-37(33)35-25-21-23-31(3)4/h29,33H,5-28H2,1-4H3/p+1. The second-order valence-electron chi connectivity index (χ2n) is 11.1. The third kappa shape index (κ3) is 28.7. The summed E-state index contributed by atoms with van der Waals surface area (Å²) in [6.07, 6.45) is 23.1. The number of rotatable bonds is 30. The van der Waals surface area contributed by atoms with Crippen molar-refractivity contribution < 1.29 is 28.4 Å². The van der Waals surface area contributed by atoms with E-state index < -0.39 is 8.60 Å². The summed E-state index contributed by atoms with van der Waals surface area (Å²) >= 11 is 0. The molecule has 37 heavy (non-hydrogen) atoms. The monoisotopic (exact) mass is 548 g/mol. The van der Waals surface area contributed by atoms with Gasteiger partial charge >= 0.3 is 8.60 Å². The number of unbranched alkanes of at least 4 members (excludes halogenated alkanes) is 14. The van der Waals surface area contributed by atoms with Crippen molar-refractivity contribution in [2.75, 3.05) is 47.1 Å². The predicted molar refractivity (Wildman–Crippen MR) is 157 cm³/mol. The molecule has 2 N–H and O–H groups in total. The van der Waals surface area contributed by atoms with Gasteiger partial charge in [-0.15, -0.1) is 0 Å². The Balaban J connectivity index is 3.76. The van der Waals surface area contributed by atoms with Crippen molar-refractivity contribution in [3.63, 3.8) is 0 Å². The lowest BCUT2D eigenvalue weighted by molar-refractivity contribution is -0.858. The van der Waals surface area contributed by atoms with Crippen LogP contribution in [-0.2, 0) is 18.6 Å². The SMILES string of the molecule is CCCCCCCCCCCCCCCCCOCC(COP(O)OCCC[NH+](C)C)CC(=O)CCC. The van der Waals surface area contributed by atoms with E-state index in [-0.39, 0.29) is 11.7 Å². The molecule has 0 rings (SSSR count). The van der Waals surface area contributed by atoms with Crippen molar-refractivity contribution >= 4 is 14.4 Å². The normalized spacial score (nSPS) is 13.4. The summed E-state index contributed by atoms with van der Waals surface area (Å²) < 4.78 is 16.8. The largest absolute Gasteiger partial charge is 0.381 e. The number of carbonyl (C=O) groups is 1. The minimum atomic E-state index is -1.89. The summed E-state index contributed by atoms with van der Waals surface area (Å²) in [7, 11) is 2.29. The lowest BCUT2D eigenvalue weighted by Gasteiger charge is -2.18. The Labute approximate surface area is 231 Å². The topological polar surface area (TPSA) is 69.4 Å². The molecule has 0 heterocycles. The second kappa shape index (κ2) is 28.9. The van der Waals surface area contributed by atoms with E-state index in [0.717, 1.165) is 32.4 Å². The Bertz CT molecular complexity index is 481. The number of ether oxygens (including phenoxy) is 1. The number of quaternary nitrogens is 1. The summed E-state index contributed by atoms with van der Waals surface area (Å²) in [5.74, 6) is 0.214. The van der Waals surface area contributed by atoms with E-state index in [2.05, 4.69) is 21.0 Å². The number of Topliss-reactive ketones (excluding diaryl/α,β-unsaturated/α-hetero) is 1. The molecule has 0 fully saturated rings. The van der Waals surface area contributed by atoms with Crippen LogP contribution in [0.2, 0.25) is 0 Å². The molecule has 0 aromatic heterocycles. The van der Waals surface area contributed by atoms with Gasteiger partial charge in [-0.25, -0.2) is 0 Å². The minimum Gasteiger partial charge on any atom is -0.381 e. The van der Waals surface area contributed by atoms with E-state index in [4.69, 9.17) is 13.8 Å². The summed E-state index contributed by atoms with van der Waals surface area (Å²) in [6, 6.07) is 0. The van der Waals surface area contributed by atoms with Gasteiger partial charge in [0.05, 0.1) is 40.5 Å². The van der Waals surface area contributed by atoms with Gasteiger partial charge in [-0.3, -0.25) is 4.79 Å². The van der Waals surface area contributed by atoms with Gasteiger partial charge < -0.3 is 23.6 Å². The molecule has 6 nitrogen and oxygen atoms in total. The number of hydrogen-bond acceptors (Lipinski definition) is 5. The molecule has 2 atom stereocenters. The van der Waals surface area contributed by atoms with Crippen LogP contribution in [0.4, 0.5) is 0 Å². The van der Waals surface area contributed by atoms with Crippen LogP contribution in [0.1, 0.15) is 136 Å². The fourth-order valence-corrected chi connectivity index (χ4v) is 5.17. The summed E-state index contributed by atoms with van der Waals surface area (Å²) in [6.45, 7) is 7.31. The summed E-state index contributed by atoms with van der Waals surface area (Å²) in [5, 5.41) is 0. The quantitative estimate of drug-likeness (QED) is 0.0744. The highest BCUT2D eigenvalue weighted by molar-refractivity contribution is 7.40. The molecule has 0 aliphatic heterocycles. The van der Waals surface area contributed by atoms with Crippen LogP contribution in [0.15, 0.2) is 0 Å². The van der Waals surface area contributed by atoms with Crippen LogP contribution in [-0.4, -0.2) is 57.7 Å². The van der Waals surface area contributed by atoms with Gasteiger partial charge in [-0.2, -0.15) is 0 Å². The Hall–Kier alpha value is -0.100. The lowest BCUT2D eigenvalue weighted by atomic mass is 10.0. The van der Waals surface area contributed by atoms with Crippen LogP contribution in [0.5, 0.6) is 0 Å². The van der Waals surface area contributed by atoms with Crippen LogP contribution in [0, 0.1) is 5.92 Å². The van der Waals surface area contributed by atoms with Gasteiger partial charge in [-0.1, -0.05) is 104 Å². The second-order valence-corrected chi connectivity index (χ2v) is 12.1. The van der Waals surface area contributed by atoms with Gasteiger partial charge in [0.2, 0.25) is 0 Å². The van der Waals surface area contributed by atoms with Gasteiger partial charge in [0, 0.05) is 31.8 Å². The Morgan fingerprint density at radius 3 is 1.76 bits per heavy atom. The van der Waals surface area contributed by atoms with Crippen molar-refractivity contribution in [3.8, 4) is 0 Å². The first-order chi connectivity index (χ1) is 18.0. The number of ketones is 1. The molecular formula is C30H63NO5P+. The third-order valence-corrected chi connectivity index (χ3v) is 7.51. The van der Waals surface area contributed by atoms with Crippen LogP contribution >= 0.6 is 8.60 Å². The molecule has 2 unspecified atom stereocenters. The highest BCUT2D eigenvalue weighted by atomic mass is 31.2. The van der Waals surface area contributed by atoms with E-state index in [1.54, 1.807) is 0 Å². The van der Waals surface area contributed by atoms with E-state index in [0.29, 0.717) is 32.7 Å². The average Bonchev–Trinajstić information content (AvgIpc) is 2.86. The number of carbonyl (C=O) groups excluding carboxylic acids is 1. The maximum atomic E-state index is 12.2. The molecule has 0 saturated carbocycles. The minimum absolute atomic E-state index is 0.0256. The van der Waals surface area contributed by atoms with Crippen LogP contribution < -0.4 is 4.90 Å². The van der Waals surface area contributed by atoms with Gasteiger partial charge in [0.15, 0.2) is 0 Å². The predicted octanol–water partition coefficient (Wildman–Crippen LogP) is 7.04. The molecule has 0 aromatic rings. The van der Waals surface area contributed by atoms with Crippen LogP contribution in [0.3, 0.4) is 0 Å². The number of hydrogen-bond donors (Lipinski definition) is 2. The first kappa shape index (κ1) is 36.9. The fourth-order valence-electron chi connectivity index (χ4n) is 4.47. The molecule has 0 saturated heterocycles. The molecule has 222 valence electrons. The van der Waals surface area contributed by atoms with Crippen molar-refractivity contribution in [3.05, 3.63) is 0 Å². The molecule has 0 spiro atoms. The Morgan fingerprint density at radius 2 is 1.24 bits per heavy atom. The van der Waals surface area contributed by atoms with E-state index in [1.165, 1.54) is 94.8 Å². The zero-order valence-electron chi connectivity index (χ0n) is 25.1. The zero-order chi connectivity index (χ0) is 27.4. The molecule has 0 amide bonds. The van der Waals surface area contributed by atoms with Gasteiger partial charge in [0.1, 0.15) is 5.78 Å². The molecule has 0 radical (unpaired) electrons. The molecule has 0 aromatic carbocycles.